The van der Waals surface area contributed by atoms with Crippen molar-refractivity contribution in [3.8, 4) is 0 Å². The summed E-state index contributed by atoms with van der Waals surface area (Å²) >= 11 is 5.44. The van der Waals surface area contributed by atoms with Crippen molar-refractivity contribution in [3.05, 3.63) is 34.4 Å². The van der Waals surface area contributed by atoms with Crippen LogP contribution in [0.2, 0.25) is 5.02 Å². The van der Waals surface area contributed by atoms with Crippen LogP contribution >= 0.6 is 11.6 Å². The normalized spacial score (nSPS) is 12.9. The quantitative estimate of drug-likeness (QED) is 0.478. The summed E-state index contributed by atoms with van der Waals surface area (Å²) < 4.78 is 26.6. The molecule has 0 bridgehead atoms. The standard InChI is InChI=1S/C10H13ClF2N2/c1-2-3-10(15-14)6-4-9(13)7(11)5-8(6)12/h4-5,10,15H,2-3,14H2,1H3. The Balaban J connectivity index is 3.06. The molecule has 0 radical (unpaired) electrons. The molecular weight excluding hydrogens is 222 g/mol. The van der Waals surface area contributed by atoms with Gasteiger partial charge in [0.2, 0.25) is 0 Å². The smallest absolute Gasteiger partial charge is 0.142 e. The number of halogens is 3. The van der Waals surface area contributed by atoms with Crippen LogP contribution in [0.5, 0.6) is 0 Å². The Morgan fingerprint density at radius 2 is 2.07 bits per heavy atom. The zero-order valence-electron chi connectivity index (χ0n) is 8.36. The average Bonchev–Trinajstić information content (AvgIpc) is 2.20. The van der Waals surface area contributed by atoms with Crippen molar-refractivity contribution in [1.82, 2.24) is 5.43 Å². The van der Waals surface area contributed by atoms with Crippen LogP contribution < -0.4 is 11.3 Å². The van der Waals surface area contributed by atoms with E-state index in [1.54, 1.807) is 0 Å². The Morgan fingerprint density at radius 3 is 2.60 bits per heavy atom. The van der Waals surface area contributed by atoms with E-state index < -0.39 is 11.6 Å². The SMILES string of the molecule is CCCC(NN)c1cc(F)c(Cl)cc1F. The highest BCUT2D eigenvalue weighted by Gasteiger charge is 2.16. The predicted molar refractivity (Wildman–Crippen MR) is 56.3 cm³/mol. The maximum absolute atomic E-state index is 13.4. The van der Waals surface area contributed by atoms with Gasteiger partial charge < -0.3 is 0 Å². The van der Waals surface area contributed by atoms with E-state index in [1.807, 2.05) is 6.92 Å². The molecule has 0 fully saturated rings. The summed E-state index contributed by atoms with van der Waals surface area (Å²) in [5.41, 5.74) is 2.67. The molecule has 0 aliphatic rings. The Bertz CT molecular complexity index is 344. The highest BCUT2D eigenvalue weighted by Crippen LogP contribution is 2.25. The number of nitrogens with two attached hydrogens (primary N) is 1. The predicted octanol–water partition coefficient (Wildman–Crippen LogP) is 2.92. The summed E-state index contributed by atoms with van der Waals surface area (Å²) in [6.07, 6.45) is 1.45. The fourth-order valence-corrected chi connectivity index (χ4v) is 1.57. The molecule has 0 heterocycles. The Labute approximate surface area is 92.4 Å². The van der Waals surface area contributed by atoms with Crippen LogP contribution in [0.25, 0.3) is 0 Å². The molecule has 1 unspecified atom stereocenters. The van der Waals surface area contributed by atoms with Crippen molar-refractivity contribution in [2.75, 3.05) is 0 Å². The van der Waals surface area contributed by atoms with Crippen molar-refractivity contribution in [1.29, 1.82) is 0 Å². The van der Waals surface area contributed by atoms with Crippen LogP contribution in [0.15, 0.2) is 12.1 Å². The summed E-state index contributed by atoms with van der Waals surface area (Å²) in [4.78, 5) is 0. The first-order valence-electron chi connectivity index (χ1n) is 4.70. The van der Waals surface area contributed by atoms with Gasteiger partial charge in [0.15, 0.2) is 0 Å². The van der Waals surface area contributed by atoms with Gasteiger partial charge in [0.05, 0.1) is 5.02 Å². The summed E-state index contributed by atoms with van der Waals surface area (Å²) in [6.45, 7) is 1.94. The summed E-state index contributed by atoms with van der Waals surface area (Å²) in [6, 6.07) is 1.66. The molecule has 0 amide bonds. The number of nitrogens with one attached hydrogen (secondary N) is 1. The van der Waals surface area contributed by atoms with Gasteiger partial charge in [-0.05, 0) is 18.6 Å². The van der Waals surface area contributed by atoms with E-state index in [0.717, 1.165) is 18.6 Å². The van der Waals surface area contributed by atoms with Gasteiger partial charge in [-0.25, -0.2) is 8.78 Å². The molecule has 0 aromatic heterocycles. The first-order valence-corrected chi connectivity index (χ1v) is 5.08. The second-order valence-corrected chi connectivity index (χ2v) is 3.70. The number of hydrogen-bond donors (Lipinski definition) is 2. The van der Waals surface area contributed by atoms with E-state index in [4.69, 9.17) is 17.4 Å². The lowest BCUT2D eigenvalue weighted by Crippen LogP contribution is -2.28. The second kappa shape index (κ2) is 5.39. The van der Waals surface area contributed by atoms with E-state index in [1.165, 1.54) is 0 Å². The minimum absolute atomic E-state index is 0.209. The molecule has 3 N–H and O–H groups in total. The van der Waals surface area contributed by atoms with E-state index in [0.29, 0.717) is 6.42 Å². The van der Waals surface area contributed by atoms with Gasteiger partial charge >= 0.3 is 0 Å². The molecule has 5 heteroatoms. The molecule has 1 rings (SSSR count). The third-order valence-corrected chi connectivity index (χ3v) is 2.48. The number of hydrazine groups is 1. The third kappa shape index (κ3) is 2.87. The minimum Gasteiger partial charge on any atom is -0.271 e. The van der Waals surface area contributed by atoms with Crippen molar-refractivity contribution in [2.24, 2.45) is 5.84 Å². The minimum atomic E-state index is -0.635. The zero-order valence-corrected chi connectivity index (χ0v) is 9.11. The molecule has 15 heavy (non-hydrogen) atoms. The number of hydrogen-bond acceptors (Lipinski definition) is 2. The van der Waals surface area contributed by atoms with Gasteiger partial charge in [-0.1, -0.05) is 24.9 Å². The molecule has 0 aliphatic carbocycles. The van der Waals surface area contributed by atoms with Gasteiger partial charge in [0.25, 0.3) is 0 Å². The molecule has 0 saturated heterocycles. The van der Waals surface area contributed by atoms with Crippen LogP contribution in [-0.2, 0) is 0 Å². The zero-order chi connectivity index (χ0) is 11.4. The maximum Gasteiger partial charge on any atom is 0.142 e. The summed E-state index contributed by atoms with van der Waals surface area (Å²) in [7, 11) is 0. The van der Waals surface area contributed by atoms with Gasteiger partial charge in [0, 0.05) is 11.6 Å². The van der Waals surface area contributed by atoms with Gasteiger partial charge in [-0.15, -0.1) is 0 Å². The van der Waals surface area contributed by atoms with Crippen molar-refractivity contribution < 1.29 is 8.78 Å². The van der Waals surface area contributed by atoms with Crippen LogP contribution in [0.4, 0.5) is 8.78 Å². The third-order valence-electron chi connectivity index (χ3n) is 2.19. The second-order valence-electron chi connectivity index (χ2n) is 3.30. The van der Waals surface area contributed by atoms with Crippen molar-refractivity contribution in [3.63, 3.8) is 0 Å². The summed E-state index contributed by atoms with van der Waals surface area (Å²) in [5.74, 6) is 4.10. The fourth-order valence-electron chi connectivity index (χ4n) is 1.42. The largest absolute Gasteiger partial charge is 0.271 e. The number of rotatable bonds is 4. The van der Waals surface area contributed by atoms with Crippen molar-refractivity contribution in [2.45, 2.75) is 25.8 Å². The average molecular weight is 235 g/mol. The molecule has 1 aromatic rings. The van der Waals surface area contributed by atoms with Crippen LogP contribution in [0, 0.1) is 11.6 Å². The molecule has 0 spiro atoms. The van der Waals surface area contributed by atoms with E-state index in [2.05, 4.69) is 5.43 Å². The van der Waals surface area contributed by atoms with E-state index in [9.17, 15) is 8.78 Å². The monoisotopic (exact) mass is 234 g/mol. The number of benzene rings is 1. The Hall–Kier alpha value is -0.710. The van der Waals surface area contributed by atoms with Crippen LogP contribution in [-0.4, -0.2) is 0 Å². The first-order chi connectivity index (χ1) is 7.10. The fraction of sp³-hybridized carbons (Fsp3) is 0.400. The van der Waals surface area contributed by atoms with Crippen molar-refractivity contribution >= 4 is 11.6 Å². The van der Waals surface area contributed by atoms with E-state index >= 15 is 0 Å². The molecule has 2 nitrogen and oxygen atoms in total. The molecular formula is C10H13ClF2N2. The Morgan fingerprint density at radius 1 is 1.40 bits per heavy atom. The molecule has 1 atom stereocenters. The van der Waals surface area contributed by atoms with Crippen LogP contribution in [0.3, 0.4) is 0 Å². The highest BCUT2D eigenvalue weighted by atomic mass is 35.5. The van der Waals surface area contributed by atoms with Gasteiger partial charge in [-0.3, -0.25) is 11.3 Å². The molecule has 84 valence electrons. The molecule has 0 saturated carbocycles. The first kappa shape index (κ1) is 12.4. The topological polar surface area (TPSA) is 38.0 Å². The van der Waals surface area contributed by atoms with Gasteiger partial charge in [-0.2, -0.15) is 0 Å². The van der Waals surface area contributed by atoms with E-state index in [-0.39, 0.29) is 16.6 Å². The van der Waals surface area contributed by atoms with Crippen LogP contribution in [0.1, 0.15) is 31.4 Å². The summed E-state index contributed by atoms with van der Waals surface area (Å²) in [5, 5.41) is -0.219. The Kier molecular flexibility index (Phi) is 4.45. The lowest BCUT2D eigenvalue weighted by Gasteiger charge is -2.16. The maximum atomic E-state index is 13.4. The highest BCUT2D eigenvalue weighted by molar-refractivity contribution is 6.30. The lowest BCUT2D eigenvalue weighted by atomic mass is 10.0. The lowest BCUT2D eigenvalue weighted by molar-refractivity contribution is 0.475. The van der Waals surface area contributed by atoms with Gasteiger partial charge in [0.1, 0.15) is 11.6 Å². The molecule has 0 aliphatic heterocycles. The molecule has 1 aromatic carbocycles.